The van der Waals surface area contributed by atoms with Gasteiger partial charge in [-0.3, -0.25) is 14.3 Å². The van der Waals surface area contributed by atoms with Gasteiger partial charge in [-0.15, -0.1) is 11.3 Å². The van der Waals surface area contributed by atoms with Crippen molar-refractivity contribution in [3.8, 4) is 16.2 Å². The highest BCUT2D eigenvalue weighted by atomic mass is 35.5. The molecule has 0 amide bonds. The Bertz CT molecular complexity index is 1240. The van der Waals surface area contributed by atoms with Gasteiger partial charge in [0.05, 0.1) is 15.6 Å². The summed E-state index contributed by atoms with van der Waals surface area (Å²) in [5.41, 5.74) is 3.53. The molecule has 0 aliphatic carbocycles. The summed E-state index contributed by atoms with van der Waals surface area (Å²) in [5.74, 6) is 0.743. The number of ether oxygens (including phenoxy) is 1. The lowest BCUT2D eigenvalue weighted by Crippen LogP contribution is -2.14. The minimum atomic E-state index is -0.102. The number of aryl methyl sites for hydroxylation is 2. The molecule has 0 spiro atoms. The summed E-state index contributed by atoms with van der Waals surface area (Å²) in [6.07, 6.45) is 4.82. The first-order valence-electron chi connectivity index (χ1n) is 10.2. The summed E-state index contributed by atoms with van der Waals surface area (Å²) < 4.78 is 7.62. The molecule has 0 saturated carbocycles. The van der Waals surface area contributed by atoms with E-state index in [9.17, 15) is 9.59 Å². The maximum Gasteiger partial charge on any atom is 0.169 e. The SMILES string of the molecule is CC(=O)c1ccc(-c2cc(Cl)c3c(c2)CC(CCC(=O)/C=C/c2c(C)nn(C)c2Cl)O3)s1. The predicted molar refractivity (Wildman–Crippen MR) is 129 cm³/mol. The second-order valence-electron chi connectivity index (χ2n) is 7.86. The molecule has 8 heteroatoms. The molecule has 0 N–H and O–H groups in total. The lowest BCUT2D eigenvalue weighted by Gasteiger charge is -2.10. The largest absolute Gasteiger partial charge is 0.488 e. The normalized spacial score (nSPS) is 15.2. The lowest BCUT2D eigenvalue weighted by molar-refractivity contribution is -0.114. The number of carbonyl (C=O) groups is 2. The first-order valence-corrected chi connectivity index (χ1v) is 11.8. The molecule has 0 bridgehead atoms. The van der Waals surface area contributed by atoms with Crippen LogP contribution in [-0.2, 0) is 18.3 Å². The summed E-state index contributed by atoms with van der Waals surface area (Å²) in [7, 11) is 1.76. The van der Waals surface area contributed by atoms with Gasteiger partial charge in [0.2, 0.25) is 0 Å². The molecule has 1 unspecified atom stereocenters. The molecular weight excluding hydrogens is 467 g/mol. The first-order chi connectivity index (χ1) is 15.2. The number of benzene rings is 1. The molecule has 1 aliphatic rings. The van der Waals surface area contributed by atoms with E-state index in [-0.39, 0.29) is 17.7 Å². The van der Waals surface area contributed by atoms with E-state index in [0.29, 0.717) is 35.2 Å². The predicted octanol–water partition coefficient (Wildman–Crippen LogP) is 6.33. The van der Waals surface area contributed by atoms with Gasteiger partial charge in [-0.25, -0.2) is 0 Å². The highest BCUT2D eigenvalue weighted by molar-refractivity contribution is 7.17. The van der Waals surface area contributed by atoms with Gasteiger partial charge < -0.3 is 4.74 Å². The lowest BCUT2D eigenvalue weighted by atomic mass is 10.0. The van der Waals surface area contributed by atoms with E-state index < -0.39 is 0 Å². The van der Waals surface area contributed by atoms with Crippen molar-refractivity contribution in [1.82, 2.24) is 9.78 Å². The van der Waals surface area contributed by atoms with Crippen molar-refractivity contribution in [3.63, 3.8) is 0 Å². The Morgan fingerprint density at radius 3 is 2.75 bits per heavy atom. The van der Waals surface area contributed by atoms with Gasteiger partial charge in [0.1, 0.15) is 17.0 Å². The number of rotatable bonds is 7. The van der Waals surface area contributed by atoms with Gasteiger partial charge in [0, 0.05) is 35.9 Å². The van der Waals surface area contributed by atoms with Crippen LogP contribution in [0.5, 0.6) is 5.75 Å². The van der Waals surface area contributed by atoms with Crippen LogP contribution >= 0.6 is 34.5 Å². The third kappa shape index (κ3) is 4.68. The van der Waals surface area contributed by atoms with Crippen LogP contribution in [0.25, 0.3) is 16.5 Å². The molecule has 0 radical (unpaired) electrons. The quantitative estimate of drug-likeness (QED) is 0.287. The van der Waals surface area contributed by atoms with E-state index in [1.165, 1.54) is 11.3 Å². The summed E-state index contributed by atoms with van der Waals surface area (Å²) in [6, 6.07) is 7.70. The summed E-state index contributed by atoms with van der Waals surface area (Å²) in [6.45, 7) is 3.42. The Labute approximate surface area is 200 Å². The molecule has 5 nitrogen and oxygen atoms in total. The number of allylic oxidation sites excluding steroid dienone is 1. The van der Waals surface area contributed by atoms with Crippen molar-refractivity contribution in [2.45, 2.75) is 39.2 Å². The number of hydrogen-bond acceptors (Lipinski definition) is 5. The number of thiophene rings is 1. The van der Waals surface area contributed by atoms with E-state index in [1.807, 2.05) is 25.1 Å². The molecule has 2 aromatic heterocycles. The third-order valence-corrected chi connectivity index (χ3v) is 7.40. The average Bonchev–Trinajstić information content (AvgIpc) is 3.44. The number of fused-ring (bicyclic) bond motifs is 1. The number of hydrogen-bond donors (Lipinski definition) is 0. The van der Waals surface area contributed by atoms with E-state index in [1.54, 1.807) is 30.8 Å². The smallest absolute Gasteiger partial charge is 0.169 e. The standard InChI is InChI=1S/C24H22Cl2N2O3S/c1-13-19(24(26)28(3)27-13)7-5-17(30)4-6-18-11-16-10-15(12-20(25)23(16)31-18)22-9-8-21(32-22)14(2)29/h5,7-10,12,18H,4,6,11H2,1-3H3/b7-5+. The van der Waals surface area contributed by atoms with Gasteiger partial charge in [0.25, 0.3) is 0 Å². The number of ketones is 2. The topological polar surface area (TPSA) is 61.2 Å². The second-order valence-corrected chi connectivity index (χ2v) is 9.71. The molecule has 1 aromatic carbocycles. The Kier molecular flexibility index (Phi) is 6.56. The fraction of sp³-hybridized carbons (Fsp3) is 0.292. The molecule has 0 saturated heterocycles. The zero-order valence-corrected chi connectivity index (χ0v) is 20.3. The van der Waals surface area contributed by atoms with Crippen molar-refractivity contribution >= 4 is 52.2 Å². The number of carbonyl (C=O) groups excluding carboxylic acids is 2. The van der Waals surface area contributed by atoms with E-state index in [0.717, 1.165) is 32.1 Å². The van der Waals surface area contributed by atoms with Gasteiger partial charge in [-0.2, -0.15) is 5.10 Å². The van der Waals surface area contributed by atoms with Gasteiger partial charge in [0.15, 0.2) is 11.6 Å². The molecule has 32 heavy (non-hydrogen) atoms. The Morgan fingerprint density at radius 2 is 2.09 bits per heavy atom. The van der Waals surface area contributed by atoms with Crippen LogP contribution in [0.3, 0.4) is 0 Å². The Hall–Kier alpha value is -2.41. The summed E-state index contributed by atoms with van der Waals surface area (Å²) in [5, 5.41) is 5.30. The fourth-order valence-electron chi connectivity index (χ4n) is 3.77. The van der Waals surface area contributed by atoms with Crippen molar-refractivity contribution < 1.29 is 14.3 Å². The molecule has 4 rings (SSSR count). The minimum absolute atomic E-state index is 0.00556. The average molecular weight is 489 g/mol. The van der Waals surface area contributed by atoms with E-state index in [4.69, 9.17) is 27.9 Å². The molecule has 3 aromatic rings. The van der Waals surface area contributed by atoms with Crippen LogP contribution in [0.1, 0.15) is 46.3 Å². The molecule has 3 heterocycles. The van der Waals surface area contributed by atoms with Gasteiger partial charge >= 0.3 is 0 Å². The number of halogens is 2. The molecular formula is C24H22Cl2N2O3S. The molecule has 166 valence electrons. The zero-order valence-electron chi connectivity index (χ0n) is 17.9. The van der Waals surface area contributed by atoms with Crippen LogP contribution in [0.2, 0.25) is 10.2 Å². The zero-order chi connectivity index (χ0) is 23.0. The summed E-state index contributed by atoms with van der Waals surface area (Å²) >= 11 is 14.1. The highest BCUT2D eigenvalue weighted by Crippen LogP contribution is 2.41. The minimum Gasteiger partial charge on any atom is -0.488 e. The highest BCUT2D eigenvalue weighted by Gasteiger charge is 2.26. The van der Waals surface area contributed by atoms with Crippen LogP contribution < -0.4 is 4.74 Å². The van der Waals surface area contributed by atoms with E-state index >= 15 is 0 Å². The number of nitrogens with zero attached hydrogens (tertiary/aromatic N) is 2. The van der Waals surface area contributed by atoms with Gasteiger partial charge in [-0.1, -0.05) is 23.2 Å². The molecule has 1 aliphatic heterocycles. The van der Waals surface area contributed by atoms with Crippen molar-refractivity contribution in [1.29, 1.82) is 0 Å². The number of Topliss-reactive ketones (excluding diaryl/α,β-unsaturated/α-hetero) is 1. The fourth-order valence-corrected chi connectivity index (χ4v) is 5.18. The monoisotopic (exact) mass is 488 g/mol. The van der Waals surface area contributed by atoms with Crippen LogP contribution in [0.15, 0.2) is 30.3 Å². The van der Waals surface area contributed by atoms with Crippen LogP contribution in [0.4, 0.5) is 0 Å². The van der Waals surface area contributed by atoms with Crippen molar-refractivity contribution in [2.24, 2.45) is 7.05 Å². The van der Waals surface area contributed by atoms with Gasteiger partial charge in [-0.05, 0) is 62.2 Å². The van der Waals surface area contributed by atoms with Crippen molar-refractivity contribution in [3.05, 3.63) is 62.2 Å². The maximum absolute atomic E-state index is 12.4. The Morgan fingerprint density at radius 1 is 1.31 bits per heavy atom. The third-order valence-electron chi connectivity index (χ3n) is 5.43. The molecule has 0 fully saturated rings. The summed E-state index contributed by atoms with van der Waals surface area (Å²) in [4.78, 5) is 25.7. The van der Waals surface area contributed by atoms with E-state index in [2.05, 4.69) is 11.2 Å². The second kappa shape index (κ2) is 9.22. The van der Waals surface area contributed by atoms with Crippen molar-refractivity contribution in [2.75, 3.05) is 0 Å². The van der Waals surface area contributed by atoms with Crippen LogP contribution in [0, 0.1) is 6.92 Å². The maximum atomic E-state index is 12.4. The Balaban J connectivity index is 1.39. The van der Waals surface area contributed by atoms with Crippen LogP contribution in [-0.4, -0.2) is 27.5 Å². The number of aromatic nitrogens is 2. The molecule has 1 atom stereocenters. The first kappa shape index (κ1) is 22.8.